The molecule has 1 aromatic rings. The molecule has 0 spiro atoms. The number of benzene rings is 1. The molecule has 2 N–H and O–H groups in total. The summed E-state index contributed by atoms with van der Waals surface area (Å²) in [6.07, 6.45) is -2.36. The predicted molar refractivity (Wildman–Crippen MR) is 86.7 cm³/mol. The molecule has 1 fully saturated rings. The third-order valence-corrected chi connectivity index (χ3v) is 3.34. The molecule has 1 saturated heterocycles. The van der Waals surface area contributed by atoms with Gasteiger partial charge in [0.1, 0.15) is 11.6 Å². The van der Waals surface area contributed by atoms with Crippen molar-refractivity contribution in [3.63, 3.8) is 0 Å². The van der Waals surface area contributed by atoms with E-state index in [9.17, 15) is 19.5 Å². The number of ether oxygens (including phenoxy) is 1. The molecule has 136 valence electrons. The Balaban J connectivity index is 2.15. The van der Waals surface area contributed by atoms with Crippen LogP contribution in [-0.2, 0) is 19.2 Å². The number of hydrogen-bond acceptors (Lipinski definition) is 6. The Labute approximate surface area is 145 Å². The standard InChI is InChI=1S/C17H22N2O6/c1-17(2,3)24-16(23)18-14(11-7-5-4-6-8-11)15(22)25-19-12(20)9-10-13(19)21/h4-8,14-15,22H,9-10H2,1-3H3,(H,18,23). The minimum atomic E-state index is -1.65. The summed E-state index contributed by atoms with van der Waals surface area (Å²) in [4.78, 5) is 40.5. The van der Waals surface area contributed by atoms with E-state index in [0.29, 0.717) is 10.6 Å². The summed E-state index contributed by atoms with van der Waals surface area (Å²) in [5.74, 6) is -1.07. The minimum Gasteiger partial charge on any atom is -0.444 e. The van der Waals surface area contributed by atoms with Gasteiger partial charge >= 0.3 is 6.09 Å². The molecular weight excluding hydrogens is 328 g/mol. The molecule has 2 rings (SSSR count). The summed E-state index contributed by atoms with van der Waals surface area (Å²) < 4.78 is 5.19. The lowest BCUT2D eigenvalue weighted by atomic mass is 10.1. The van der Waals surface area contributed by atoms with Gasteiger partial charge in [0.05, 0.1) is 0 Å². The highest BCUT2D eigenvalue weighted by atomic mass is 16.8. The number of carbonyl (C=O) groups excluding carboxylic acids is 3. The van der Waals surface area contributed by atoms with Crippen molar-refractivity contribution in [1.29, 1.82) is 0 Å². The van der Waals surface area contributed by atoms with E-state index in [1.807, 2.05) is 0 Å². The van der Waals surface area contributed by atoms with E-state index in [-0.39, 0.29) is 12.8 Å². The van der Waals surface area contributed by atoms with Crippen LogP contribution in [0.4, 0.5) is 4.79 Å². The first-order chi connectivity index (χ1) is 11.7. The normalized spacial score (nSPS) is 17.4. The van der Waals surface area contributed by atoms with Crippen molar-refractivity contribution >= 4 is 17.9 Å². The highest BCUT2D eigenvalue weighted by molar-refractivity contribution is 6.00. The first-order valence-corrected chi connectivity index (χ1v) is 7.92. The monoisotopic (exact) mass is 350 g/mol. The van der Waals surface area contributed by atoms with Crippen molar-refractivity contribution in [1.82, 2.24) is 10.4 Å². The SMILES string of the molecule is CC(C)(C)OC(=O)NC(c1ccccc1)C(O)ON1C(=O)CCC1=O. The van der Waals surface area contributed by atoms with Crippen LogP contribution in [0.5, 0.6) is 0 Å². The second kappa shape index (κ2) is 7.62. The Hall–Kier alpha value is -2.45. The molecule has 2 unspecified atom stereocenters. The van der Waals surface area contributed by atoms with Crippen LogP contribution in [-0.4, -0.2) is 40.0 Å². The molecule has 0 radical (unpaired) electrons. The van der Waals surface area contributed by atoms with E-state index in [2.05, 4.69) is 5.32 Å². The number of imide groups is 1. The Morgan fingerprint density at radius 3 is 2.24 bits per heavy atom. The van der Waals surface area contributed by atoms with Crippen LogP contribution in [0.1, 0.15) is 45.2 Å². The molecule has 8 nitrogen and oxygen atoms in total. The number of hydrogen-bond donors (Lipinski definition) is 2. The summed E-state index contributed by atoms with van der Waals surface area (Å²) in [6.45, 7) is 5.12. The lowest BCUT2D eigenvalue weighted by molar-refractivity contribution is -0.252. The lowest BCUT2D eigenvalue weighted by Crippen LogP contribution is -2.44. The number of nitrogens with one attached hydrogen (secondary N) is 1. The van der Waals surface area contributed by atoms with Gasteiger partial charge in [-0.3, -0.25) is 9.59 Å². The van der Waals surface area contributed by atoms with E-state index in [4.69, 9.17) is 9.57 Å². The van der Waals surface area contributed by atoms with Gasteiger partial charge in [0.25, 0.3) is 11.8 Å². The van der Waals surface area contributed by atoms with Gasteiger partial charge in [0, 0.05) is 12.8 Å². The van der Waals surface area contributed by atoms with Gasteiger partial charge in [-0.15, -0.1) is 0 Å². The zero-order valence-corrected chi connectivity index (χ0v) is 14.4. The zero-order valence-electron chi connectivity index (χ0n) is 14.4. The average Bonchev–Trinajstić information content (AvgIpc) is 2.83. The summed E-state index contributed by atoms with van der Waals surface area (Å²) in [5, 5.41) is 13.4. The number of amides is 3. The fourth-order valence-corrected chi connectivity index (χ4v) is 2.26. The number of carbonyl (C=O) groups is 3. The second-order valence-electron chi connectivity index (χ2n) is 6.61. The maximum atomic E-state index is 12.1. The van der Waals surface area contributed by atoms with Crippen LogP contribution in [0.25, 0.3) is 0 Å². The fourth-order valence-electron chi connectivity index (χ4n) is 2.26. The number of aliphatic hydroxyl groups excluding tert-OH is 1. The number of alkyl carbamates (subject to hydrolysis) is 1. The lowest BCUT2D eigenvalue weighted by Gasteiger charge is -2.28. The van der Waals surface area contributed by atoms with Gasteiger partial charge in [-0.2, -0.15) is 5.06 Å². The zero-order chi connectivity index (χ0) is 18.6. The molecule has 1 aliphatic rings. The molecule has 0 saturated carbocycles. The van der Waals surface area contributed by atoms with Gasteiger partial charge < -0.3 is 15.2 Å². The summed E-state index contributed by atoms with van der Waals surface area (Å²) >= 11 is 0. The van der Waals surface area contributed by atoms with Crippen LogP contribution < -0.4 is 5.32 Å². The van der Waals surface area contributed by atoms with Crippen LogP contribution in [0.15, 0.2) is 30.3 Å². The van der Waals surface area contributed by atoms with Crippen molar-refractivity contribution in [3.8, 4) is 0 Å². The topological polar surface area (TPSA) is 105 Å². The maximum absolute atomic E-state index is 12.1. The van der Waals surface area contributed by atoms with Crippen molar-refractivity contribution in [2.75, 3.05) is 0 Å². The average molecular weight is 350 g/mol. The molecule has 25 heavy (non-hydrogen) atoms. The van der Waals surface area contributed by atoms with Crippen LogP contribution in [0.2, 0.25) is 0 Å². The quantitative estimate of drug-likeness (QED) is 0.618. The summed E-state index contributed by atoms with van der Waals surface area (Å²) in [6, 6.07) is 7.52. The highest BCUT2D eigenvalue weighted by Gasteiger charge is 2.35. The van der Waals surface area contributed by atoms with E-state index in [1.165, 1.54) is 0 Å². The fraction of sp³-hybridized carbons (Fsp3) is 0.471. The van der Waals surface area contributed by atoms with E-state index in [1.54, 1.807) is 51.1 Å². The molecule has 1 aliphatic heterocycles. The molecule has 1 heterocycles. The molecule has 1 aromatic carbocycles. The number of rotatable bonds is 5. The van der Waals surface area contributed by atoms with Crippen LogP contribution in [0.3, 0.4) is 0 Å². The van der Waals surface area contributed by atoms with Gasteiger partial charge in [0.2, 0.25) is 6.29 Å². The first-order valence-electron chi connectivity index (χ1n) is 7.92. The Bertz CT molecular complexity index is 624. The van der Waals surface area contributed by atoms with E-state index in [0.717, 1.165) is 0 Å². The maximum Gasteiger partial charge on any atom is 0.408 e. The molecular formula is C17H22N2O6. The summed E-state index contributed by atoms with van der Waals surface area (Å²) in [7, 11) is 0. The number of nitrogens with zero attached hydrogens (tertiary/aromatic N) is 1. The third-order valence-electron chi connectivity index (χ3n) is 3.34. The molecule has 8 heteroatoms. The van der Waals surface area contributed by atoms with Crippen molar-refractivity contribution in [2.24, 2.45) is 0 Å². The molecule has 3 amide bonds. The van der Waals surface area contributed by atoms with Crippen LogP contribution >= 0.6 is 0 Å². The van der Waals surface area contributed by atoms with Crippen molar-refractivity contribution < 1.29 is 29.1 Å². The summed E-state index contributed by atoms with van der Waals surface area (Å²) in [5.41, 5.74) is -0.196. The second-order valence-corrected chi connectivity index (χ2v) is 6.61. The number of aliphatic hydroxyl groups is 1. The molecule has 0 aliphatic carbocycles. The third kappa shape index (κ3) is 5.27. The Morgan fingerprint density at radius 2 is 1.72 bits per heavy atom. The Morgan fingerprint density at radius 1 is 1.16 bits per heavy atom. The van der Waals surface area contributed by atoms with Crippen LogP contribution in [0, 0.1) is 0 Å². The smallest absolute Gasteiger partial charge is 0.408 e. The van der Waals surface area contributed by atoms with E-state index < -0.39 is 35.8 Å². The molecule has 0 aromatic heterocycles. The number of hydroxylamine groups is 2. The Kier molecular flexibility index (Phi) is 5.76. The van der Waals surface area contributed by atoms with Crippen molar-refractivity contribution in [3.05, 3.63) is 35.9 Å². The van der Waals surface area contributed by atoms with Gasteiger partial charge in [-0.1, -0.05) is 30.3 Å². The van der Waals surface area contributed by atoms with Gasteiger partial charge in [0.15, 0.2) is 0 Å². The largest absolute Gasteiger partial charge is 0.444 e. The highest BCUT2D eigenvalue weighted by Crippen LogP contribution is 2.22. The first kappa shape index (κ1) is 18.9. The predicted octanol–water partition coefficient (Wildman–Crippen LogP) is 1.65. The van der Waals surface area contributed by atoms with Crippen molar-refractivity contribution in [2.45, 2.75) is 51.5 Å². The molecule has 2 atom stereocenters. The van der Waals surface area contributed by atoms with Gasteiger partial charge in [-0.05, 0) is 26.3 Å². The van der Waals surface area contributed by atoms with E-state index >= 15 is 0 Å². The minimum absolute atomic E-state index is 0.0288. The van der Waals surface area contributed by atoms with Gasteiger partial charge in [-0.25, -0.2) is 9.63 Å². The molecule has 0 bridgehead atoms.